The first kappa shape index (κ1) is 43.0. The SMILES string of the molecule is CC(=O)OC[C@@]1(O[C@@H]2O[C@H](CO)[C@@H](OC(C)=O)[C@@H](O)[C@H]2O[C@@H]2O[C@H](COC(=O)c3ccccc3)[C@@H](O)[C@@H](O)[C@H]2O)O[C@H](CO)[C@@H](O)[C@H]1OC(=O)c1ccccc1. The lowest BCUT2D eigenvalue weighted by Crippen LogP contribution is -2.67. The van der Waals surface area contributed by atoms with Crippen molar-refractivity contribution in [3.63, 3.8) is 0 Å². The second kappa shape index (κ2) is 18.9. The van der Waals surface area contributed by atoms with E-state index in [0.717, 1.165) is 13.8 Å². The molecule has 14 atom stereocenters. The van der Waals surface area contributed by atoms with Crippen molar-refractivity contribution in [3.05, 3.63) is 71.8 Å². The number of aliphatic hydroxyl groups is 7. The van der Waals surface area contributed by atoms with E-state index in [9.17, 15) is 54.9 Å². The molecule has 2 aromatic rings. The molecule has 3 heterocycles. The van der Waals surface area contributed by atoms with Crippen LogP contribution in [0.1, 0.15) is 34.6 Å². The minimum Gasteiger partial charge on any atom is -0.460 e. The first-order valence-corrected chi connectivity index (χ1v) is 17.4. The van der Waals surface area contributed by atoms with Gasteiger partial charge in [0.05, 0.1) is 24.3 Å². The normalized spacial score (nSPS) is 35.6. The van der Waals surface area contributed by atoms with Crippen LogP contribution in [0.25, 0.3) is 0 Å². The van der Waals surface area contributed by atoms with Crippen LogP contribution in [0.2, 0.25) is 0 Å². The zero-order valence-corrected chi connectivity index (χ0v) is 30.0. The first-order valence-electron chi connectivity index (χ1n) is 17.4. The Morgan fingerprint density at radius 1 is 0.625 bits per heavy atom. The van der Waals surface area contributed by atoms with Crippen molar-refractivity contribution < 1.29 is 97.6 Å². The van der Waals surface area contributed by atoms with E-state index >= 15 is 0 Å². The third kappa shape index (κ3) is 9.68. The Morgan fingerprint density at radius 3 is 1.79 bits per heavy atom. The predicted octanol–water partition coefficient (Wildman–Crippen LogP) is -2.70. The third-order valence-electron chi connectivity index (χ3n) is 9.14. The molecule has 0 amide bonds. The fourth-order valence-electron chi connectivity index (χ4n) is 6.31. The summed E-state index contributed by atoms with van der Waals surface area (Å²) < 4.78 is 50.8. The molecule has 0 saturated carbocycles. The van der Waals surface area contributed by atoms with Gasteiger partial charge in [0.2, 0.25) is 5.79 Å². The summed E-state index contributed by atoms with van der Waals surface area (Å²) in [6, 6.07) is 15.2. The van der Waals surface area contributed by atoms with Crippen LogP contribution in [0, 0.1) is 0 Å². The van der Waals surface area contributed by atoms with Gasteiger partial charge in [-0.25, -0.2) is 9.59 Å². The van der Waals surface area contributed by atoms with Crippen molar-refractivity contribution in [2.24, 2.45) is 0 Å². The van der Waals surface area contributed by atoms with Crippen LogP contribution < -0.4 is 0 Å². The van der Waals surface area contributed by atoms with Gasteiger partial charge in [-0.05, 0) is 24.3 Å². The molecule has 3 aliphatic rings. The van der Waals surface area contributed by atoms with E-state index in [4.69, 9.17) is 42.6 Å². The molecule has 20 nitrogen and oxygen atoms in total. The summed E-state index contributed by atoms with van der Waals surface area (Å²) in [4.78, 5) is 50.0. The monoisotopic (exact) mass is 796 g/mol. The summed E-state index contributed by atoms with van der Waals surface area (Å²) in [5.74, 6) is -6.24. The zero-order chi connectivity index (χ0) is 40.7. The fourth-order valence-corrected chi connectivity index (χ4v) is 6.31. The molecule has 0 aromatic heterocycles. The number of rotatable bonds is 14. The van der Waals surface area contributed by atoms with Crippen molar-refractivity contribution in [1.29, 1.82) is 0 Å². The Bertz CT molecular complexity index is 1630. The van der Waals surface area contributed by atoms with Crippen molar-refractivity contribution in [2.75, 3.05) is 26.4 Å². The lowest BCUT2D eigenvalue weighted by atomic mass is 9.96. The highest BCUT2D eigenvalue weighted by atomic mass is 16.8. The van der Waals surface area contributed by atoms with E-state index in [2.05, 4.69) is 0 Å². The number of carbonyl (C=O) groups is 4. The Labute approximate surface area is 318 Å². The molecule has 0 aliphatic carbocycles. The molecular weight excluding hydrogens is 752 g/mol. The van der Waals surface area contributed by atoms with Gasteiger partial charge in [0.25, 0.3) is 0 Å². The minimum absolute atomic E-state index is 0.0110. The lowest BCUT2D eigenvalue weighted by molar-refractivity contribution is -0.407. The van der Waals surface area contributed by atoms with Crippen molar-refractivity contribution >= 4 is 23.9 Å². The van der Waals surface area contributed by atoms with Gasteiger partial charge in [-0.2, -0.15) is 0 Å². The number of esters is 4. The molecule has 3 saturated heterocycles. The molecule has 3 fully saturated rings. The maximum Gasteiger partial charge on any atom is 0.338 e. The molecule has 0 radical (unpaired) electrons. The van der Waals surface area contributed by atoms with Gasteiger partial charge in [-0.1, -0.05) is 36.4 Å². The summed E-state index contributed by atoms with van der Waals surface area (Å²) in [7, 11) is 0. The van der Waals surface area contributed by atoms with E-state index in [0.29, 0.717) is 0 Å². The van der Waals surface area contributed by atoms with E-state index < -0.39 is 136 Å². The van der Waals surface area contributed by atoms with Crippen LogP contribution >= 0.6 is 0 Å². The van der Waals surface area contributed by atoms with Gasteiger partial charge in [-0.3, -0.25) is 9.59 Å². The molecule has 56 heavy (non-hydrogen) atoms. The number of carbonyl (C=O) groups excluding carboxylic acids is 4. The second-order valence-electron chi connectivity index (χ2n) is 13.1. The summed E-state index contributed by atoms with van der Waals surface area (Å²) in [6.07, 6.45) is -24.1. The van der Waals surface area contributed by atoms with Crippen LogP contribution in [-0.2, 0) is 52.2 Å². The van der Waals surface area contributed by atoms with E-state index in [-0.39, 0.29) is 11.1 Å². The number of hydrogen-bond donors (Lipinski definition) is 7. The Morgan fingerprint density at radius 2 is 1.21 bits per heavy atom. The number of benzene rings is 2. The van der Waals surface area contributed by atoms with Crippen LogP contribution in [0.4, 0.5) is 0 Å². The van der Waals surface area contributed by atoms with Gasteiger partial charge in [0.1, 0.15) is 68.1 Å². The maximum atomic E-state index is 13.3. The van der Waals surface area contributed by atoms with Gasteiger partial charge in [-0.15, -0.1) is 0 Å². The van der Waals surface area contributed by atoms with E-state index in [1.807, 2.05) is 0 Å². The van der Waals surface area contributed by atoms with Crippen molar-refractivity contribution in [3.8, 4) is 0 Å². The average Bonchev–Trinajstić information content (AvgIpc) is 3.45. The maximum absolute atomic E-state index is 13.3. The highest BCUT2D eigenvalue weighted by molar-refractivity contribution is 5.89. The topological polar surface area (TPSA) is 293 Å². The highest BCUT2D eigenvalue weighted by Crippen LogP contribution is 2.40. The largest absolute Gasteiger partial charge is 0.460 e. The quantitative estimate of drug-likeness (QED) is 0.0756. The molecule has 308 valence electrons. The highest BCUT2D eigenvalue weighted by Gasteiger charge is 2.63. The standard InChI is InChI=1S/C36H44O20/c1-17(39)49-16-36(31(25(42)21(13-37)55-36)54-33(47)20-11-7-4-8-12-20)56-35-30(28(45)29(50-18(2)40)22(14-38)51-35)53-34-27(44)26(43)24(41)23(52-34)15-48-32(46)19-9-5-3-6-10-19/h3-12,21-31,34-35,37-38,41-45H,13-16H2,1-2H3/t21-,22-,23-,24-,25-,26-,27-,28-,29-,30-,31-,34+,35+,36+/m1/s1. The molecule has 20 heteroatoms. The second-order valence-corrected chi connectivity index (χ2v) is 13.1. The first-order chi connectivity index (χ1) is 26.7. The van der Waals surface area contributed by atoms with Crippen LogP contribution in [0.5, 0.6) is 0 Å². The van der Waals surface area contributed by atoms with Gasteiger partial charge in [0, 0.05) is 13.8 Å². The summed E-state index contributed by atoms with van der Waals surface area (Å²) in [5, 5.41) is 75.6. The third-order valence-corrected chi connectivity index (χ3v) is 9.14. The molecule has 7 N–H and O–H groups in total. The Kier molecular flexibility index (Phi) is 14.5. The van der Waals surface area contributed by atoms with E-state index in [1.54, 1.807) is 24.3 Å². The molecular formula is C36H44O20. The fraction of sp³-hybridized carbons (Fsp3) is 0.556. The predicted molar refractivity (Wildman–Crippen MR) is 180 cm³/mol. The summed E-state index contributed by atoms with van der Waals surface area (Å²) in [5.41, 5.74) is 0.165. The van der Waals surface area contributed by atoms with Crippen molar-refractivity contribution in [2.45, 2.75) is 99.4 Å². The van der Waals surface area contributed by atoms with Gasteiger partial charge >= 0.3 is 23.9 Å². The zero-order valence-electron chi connectivity index (χ0n) is 30.0. The summed E-state index contributed by atoms with van der Waals surface area (Å²) >= 11 is 0. The lowest BCUT2D eigenvalue weighted by Gasteiger charge is -2.48. The van der Waals surface area contributed by atoms with Crippen LogP contribution in [-0.4, -0.2) is 172 Å². The van der Waals surface area contributed by atoms with Gasteiger partial charge in [0.15, 0.2) is 24.8 Å². The Balaban J connectivity index is 1.48. The molecule has 2 aromatic carbocycles. The number of hydrogen-bond acceptors (Lipinski definition) is 20. The van der Waals surface area contributed by atoms with Gasteiger partial charge < -0.3 is 78.4 Å². The smallest absolute Gasteiger partial charge is 0.338 e. The van der Waals surface area contributed by atoms with Crippen LogP contribution in [0.3, 0.4) is 0 Å². The number of aliphatic hydroxyl groups excluding tert-OH is 7. The molecule has 0 unspecified atom stereocenters. The number of ether oxygens (including phenoxy) is 9. The minimum atomic E-state index is -2.57. The average molecular weight is 797 g/mol. The Hall–Kier alpha value is -4.16. The molecule has 0 spiro atoms. The summed E-state index contributed by atoms with van der Waals surface area (Å²) in [6.45, 7) is -1.41. The van der Waals surface area contributed by atoms with Crippen LogP contribution in [0.15, 0.2) is 60.7 Å². The van der Waals surface area contributed by atoms with E-state index in [1.165, 1.54) is 36.4 Å². The van der Waals surface area contributed by atoms with Crippen molar-refractivity contribution in [1.82, 2.24) is 0 Å². The molecule has 0 bridgehead atoms. The molecule has 5 rings (SSSR count). The molecule has 3 aliphatic heterocycles.